The van der Waals surface area contributed by atoms with Gasteiger partial charge in [0.25, 0.3) is 11.6 Å². The molecule has 1 aromatic rings. The molecule has 1 saturated heterocycles. The first-order chi connectivity index (χ1) is 13.3. The van der Waals surface area contributed by atoms with Crippen molar-refractivity contribution in [2.45, 2.75) is 17.5 Å². The standard InChI is InChI=1S/C16H17N3O7S2.Na.H/c1-25-16(18-10(20)5-9-3-2-4-27-9)13(23)19-11(12(21)22)8(6-26-15(17)24)7-28-14(16)19;;/h2-4,14H,5-7H2,1H3,(H2,17,24)(H,18,20)(H,21,22);;/q;+1;-1/t14-,16?;;/m1../s1. The number of rotatable bonds is 7. The predicted octanol–water partition coefficient (Wildman–Crippen LogP) is -2.78. The van der Waals surface area contributed by atoms with Gasteiger partial charge in [0.05, 0.1) is 6.42 Å². The molecule has 0 aliphatic carbocycles. The molecule has 0 saturated carbocycles. The smallest absolute Gasteiger partial charge is 1.00 e. The molecule has 0 bridgehead atoms. The minimum absolute atomic E-state index is 0. The van der Waals surface area contributed by atoms with Gasteiger partial charge in [-0.25, -0.2) is 9.59 Å². The number of carbonyl (C=O) groups excluding carboxylic acids is 3. The van der Waals surface area contributed by atoms with Crippen LogP contribution in [0.2, 0.25) is 0 Å². The van der Waals surface area contributed by atoms with Crippen LogP contribution in [0.15, 0.2) is 28.8 Å². The number of nitrogens with zero attached hydrogens (tertiary/aromatic N) is 1. The summed E-state index contributed by atoms with van der Waals surface area (Å²) in [5, 5.41) is 13.2. The van der Waals surface area contributed by atoms with Gasteiger partial charge in [-0.15, -0.1) is 23.1 Å². The monoisotopic (exact) mass is 451 g/mol. The van der Waals surface area contributed by atoms with Crippen LogP contribution in [0, 0.1) is 0 Å². The van der Waals surface area contributed by atoms with Gasteiger partial charge in [0, 0.05) is 23.3 Å². The average Bonchev–Trinajstić information content (AvgIpc) is 3.15. The summed E-state index contributed by atoms with van der Waals surface area (Å²) < 4.78 is 10.0. The van der Waals surface area contributed by atoms with Crippen LogP contribution in [0.3, 0.4) is 0 Å². The number of thiophene rings is 1. The van der Waals surface area contributed by atoms with Crippen LogP contribution in [0.1, 0.15) is 6.30 Å². The van der Waals surface area contributed by atoms with E-state index in [4.69, 9.17) is 10.5 Å². The van der Waals surface area contributed by atoms with Crippen molar-refractivity contribution in [1.82, 2.24) is 10.2 Å². The number of hydrogen-bond acceptors (Lipinski definition) is 8. The van der Waals surface area contributed by atoms with Crippen molar-refractivity contribution in [1.29, 1.82) is 0 Å². The van der Waals surface area contributed by atoms with Crippen molar-refractivity contribution in [3.8, 4) is 0 Å². The van der Waals surface area contributed by atoms with Crippen molar-refractivity contribution in [3.05, 3.63) is 33.7 Å². The molecule has 1 fully saturated rings. The van der Waals surface area contributed by atoms with Crippen molar-refractivity contribution in [2.24, 2.45) is 5.73 Å². The fraction of sp³-hybridized carbons (Fsp3) is 0.375. The quantitative estimate of drug-likeness (QED) is 0.229. The van der Waals surface area contributed by atoms with E-state index in [9.17, 15) is 24.3 Å². The Labute approximate surface area is 197 Å². The molecule has 0 spiro atoms. The Morgan fingerprint density at radius 2 is 2.21 bits per heavy atom. The number of carbonyl (C=O) groups is 4. The molecular formula is C16H18N3NaO7S2. The maximum absolute atomic E-state index is 12.8. The van der Waals surface area contributed by atoms with Crippen molar-refractivity contribution >= 4 is 47.0 Å². The van der Waals surface area contributed by atoms with Crippen molar-refractivity contribution in [2.75, 3.05) is 19.5 Å². The number of β-lactam (4-membered cyclic amide) rings is 1. The minimum Gasteiger partial charge on any atom is -1.00 e. The fourth-order valence-corrected chi connectivity index (χ4v) is 5.16. The Bertz CT molecular complexity index is 867. The molecule has 3 amide bonds. The second-order valence-electron chi connectivity index (χ2n) is 5.95. The zero-order chi connectivity index (χ0) is 20.5. The number of nitrogens with two attached hydrogens (primary N) is 1. The summed E-state index contributed by atoms with van der Waals surface area (Å²) in [7, 11) is 1.27. The number of carboxylic acid groups (broad SMARTS) is 1. The van der Waals surface area contributed by atoms with Gasteiger partial charge in [-0.2, -0.15) is 0 Å². The van der Waals surface area contributed by atoms with Gasteiger partial charge in [-0.05, 0) is 11.4 Å². The maximum atomic E-state index is 12.8. The number of ether oxygens (including phenoxy) is 2. The summed E-state index contributed by atoms with van der Waals surface area (Å²) in [6.07, 6.45) is -0.973. The molecule has 1 aromatic heterocycles. The maximum Gasteiger partial charge on any atom is 1.00 e. The molecule has 1 unspecified atom stereocenters. The first-order valence-corrected chi connectivity index (χ1v) is 9.94. The number of primary amides is 1. The van der Waals surface area contributed by atoms with E-state index in [0.29, 0.717) is 0 Å². The van der Waals surface area contributed by atoms with E-state index in [0.717, 1.165) is 9.78 Å². The number of hydrogen-bond donors (Lipinski definition) is 3. The molecule has 3 rings (SSSR count). The Hall–Kier alpha value is -1.57. The number of carboxylic acids is 1. The number of aliphatic carboxylic acids is 1. The van der Waals surface area contributed by atoms with Gasteiger partial charge in [0.2, 0.25) is 5.91 Å². The largest absolute Gasteiger partial charge is 1.00 e. The summed E-state index contributed by atoms with van der Waals surface area (Å²) in [4.78, 5) is 49.6. The molecule has 4 N–H and O–H groups in total. The molecule has 13 heteroatoms. The molecular weight excluding hydrogens is 433 g/mol. The van der Waals surface area contributed by atoms with Crippen LogP contribution in [-0.4, -0.2) is 64.5 Å². The van der Waals surface area contributed by atoms with E-state index >= 15 is 0 Å². The van der Waals surface area contributed by atoms with Crippen molar-refractivity contribution in [3.63, 3.8) is 0 Å². The van der Waals surface area contributed by atoms with E-state index in [1.165, 1.54) is 30.2 Å². The van der Waals surface area contributed by atoms with E-state index < -0.39 is 35.0 Å². The molecule has 152 valence electrons. The van der Waals surface area contributed by atoms with Gasteiger partial charge in [0.15, 0.2) is 0 Å². The van der Waals surface area contributed by atoms with E-state index in [1.807, 2.05) is 11.4 Å². The Morgan fingerprint density at radius 3 is 2.76 bits per heavy atom. The first kappa shape index (κ1) is 23.7. The summed E-state index contributed by atoms with van der Waals surface area (Å²) in [5.41, 5.74) is 3.20. The third-order valence-corrected chi connectivity index (χ3v) is 6.51. The third kappa shape index (κ3) is 4.47. The van der Waals surface area contributed by atoms with Crippen LogP contribution in [0.4, 0.5) is 4.79 Å². The van der Waals surface area contributed by atoms with Gasteiger partial charge in [-0.1, -0.05) is 6.07 Å². The number of thioether (sulfide) groups is 1. The van der Waals surface area contributed by atoms with E-state index in [1.54, 1.807) is 6.07 Å². The van der Waals surface area contributed by atoms with Crippen LogP contribution >= 0.6 is 23.1 Å². The molecule has 3 heterocycles. The van der Waals surface area contributed by atoms with Crippen LogP contribution in [0.25, 0.3) is 0 Å². The predicted molar refractivity (Wildman–Crippen MR) is 100 cm³/mol. The van der Waals surface area contributed by atoms with Gasteiger partial charge < -0.3 is 27.1 Å². The zero-order valence-corrected chi connectivity index (χ0v) is 19.3. The average molecular weight is 451 g/mol. The summed E-state index contributed by atoms with van der Waals surface area (Å²) in [6, 6.07) is 3.61. The SMILES string of the molecule is COC1(NC(=O)Cc2cccs2)C(=O)N2C(C(=O)O)=C(COC(N)=O)CS[C@@H]21.[H-].[Na+]. The number of fused-ring (bicyclic) bond motifs is 1. The molecule has 0 radical (unpaired) electrons. The van der Waals surface area contributed by atoms with Gasteiger partial charge in [0.1, 0.15) is 17.7 Å². The molecule has 2 aliphatic rings. The van der Waals surface area contributed by atoms with Crippen LogP contribution < -0.4 is 40.6 Å². The van der Waals surface area contributed by atoms with E-state index in [2.05, 4.69) is 10.1 Å². The first-order valence-electron chi connectivity index (χ1n) is 8.01. The number of nitrogens with one attached hydrogen (secondary N) is 1. The molecule has 29 heavy (non-hydrogen) atoms. The summed E-state index contributed by atoms with van der Waals surface area (Å²) in [6.45, 7) is -0.342. The Kier molecular flexibility index (Phi) is 7.76. The molecule has 0 aromatic carbocycles. The molecule has 10 nitrogen and oxygen atoms in total. The van der Waals surface area contributed by atoms with Gasteiger partial charge in [-0.3, -0.25) is 14.5 Å². The molecule has 2 aliphatic heterocycles. The summed E-state index contributed by atoms with van der Waals surface area (Å²) in [5.74, 6) is -2.31. The van der Waals surface area contributed by atoms with E-state index in [-0.39, 0.29) is 61.0 Å². The Balaban J connectivity index is 0.00000225. The fourth-order valence-electron chi connectivity index (χ4n) is 3.04. The molecule has 2 atom stereocenters. The van der Waals surface area contributed by atoms with Crippen LogP contribution in [0.5, 0.6) is 0 Å². The van der Waals surface area contributed by atoms with Crippen LogP contribution in [-0.2, 0) is 30.3 Å². The Morgan fingerprint density at radius 1 is 1.48 bits per heavy atom. The minimum atomic E-state index is -1.66. The second-order valence-corrected chi connectivity index (χ2v) is 8.05. The normalized spacial score (nSPS) is 22.9. The number of amides is 3. The number of methoxy groups -OCH3 is 1. The summed E-state index contributed by atoms with van der Waals surface area (Å²) >= 11 is 2.60. The third-order valence-electron chi connectivity index (χ3n) is 4.26. The van der Waals surface area contributed by atoms with Crippen molar-refractivity contribution < 1.29 is 64.7 Å². The van der Waals surface area contributed by atoms with Gasteiger partial charge >= 0.3 is 41.6 Å². The second kappa shape index (κ2) is 9.49. The topological polar surface area (TPSA) is 148 Å². The zero-order valence-electron chi connectivity index (χ0n) is 16.7.